The van der Waals surface area contributed by atoms with Crippen molar-refractivity contribution in [3.8, 4) is 16.9 Å². The van der Waals surface area contributed by atoms with Gasteiger partial charge in [-0.3, -0.25) is 0 Å². The van der Waals surface area contributed by atoms with Gasteiger partial charge in [-0.2, -0.15) is 5.10 Å². The lowest BCUT2D eigenvalue weighted by Gasteiger charge is -2.08. The fourth-order valence-electron chi connectivity index (χ4n) is 2.87. The maximum absolute atomic E-state index is 12.7. The monoisotopic (exact) mass is 394 g/mol. The van der Waals surface area contributed by atoms with Crippen molar-refractivity contribution >= 4 is 10.0 Å². The van der Waals surface area contributed by atoms with Gasteiger partial charge in [0.25, 0.3) is 0 Å². The summed E-state index contributed by atoms with van der Waals surface area (Å²) in [6, 6.07) is 17.8. The quantitative estimate of drug-likeness (QED) is 0.542. The summed E-state index contributed by atoms with van der Waals surface area (Å²) in [4.78, 5) is 0.179. The second-order valence-electron chi connectivity index (χ2n) is 6.20. The van der Waals surface area contributed by atoms with Crippen LogP contribution < -0.4 is 4.72 Å². The van der Waals surface area contributed by atoms with E-state index in [-0.39, 0.29) is 11.4 Å². The molecule has 0 fully saturated rings. The lowest BCUT2D eigenvalue weighted by Crippen LogP contribution is -2.23. The lowest BCUT2D eigenvalue weighted by molar-refractivity contribution is 0.398. The SMILES string of the molecule is Cc1onc(-c2ccccc2)c1CNS(=O)(=O)c1ccc(-n2cccn2)cc1. The van der Waals surface area contributed by atoms with E-state index in [0.29, 0.717) is 17.0 Å². The van der Waals surface area contributed by atoms with Gasteiger partial charge in [0.15, 0.2) is 0 Å². The average Bonchev–Trinajstić information content (AvgIpc) is 3.37. The van der Waals surface area contributed by atoms with Crippen LogP contribution >= 0.6 is 0 Å². The van der Waals surface area contributed by atoms with E-state index in [2.05, 4.69) is 15.0 Å². The molecule has 4 aromatic rings. The van der Waals surface area contributed by atoms with Crippen molar-refractivity contribution in [3.63, 3.8) is 0 Å². The molecule has 0 spiro atoms. The lowest BCUT2D eigenvalue weighted by atomic mass is 10.1. The van der Waals surface area contributed by atoms with E-state index in [0.717, 1.165) is 11.3 Å². The largest absolute Gasteiger partial charge is 0.361 e. The van der Waals surface area contributed by atoms with Crippen molar-refractivity contribution in [3.05, 3.63) is 84.4 Å². The second-order valence-corrected chi connectivity index (χ2v) is 7.97. The van der Waals surface area contributed by atoms with E-state index in [1.54, 1.807) is 54.3 Å². The molecule has 0 aliphatic carbocycles. The zero-order valence-electron chi connectivity index (χ0n) is 15.1. The number of nitrogens with one attached hydrogen (secondary N) is 1. The van der Waals surface area contributed by atoms with Crippen LogP contribution in [0.1, 0.15) is 11.3 Å². The van der Waals surface area contributed by atoms with Gasteiger partial charge >= 0.3 is 0 Å². The molecule has 0 unspecified atom stereocenters. The maximum atomic E-state index is 12.7. The first-order valence-electron chi connectivity index (χ1n) is 8.65. The third-order valence-corrected chi connectivity index (χ3v) is 5.80. The summed E-state index contributed by atoms with van der Waals surface area (Å²) < 4.78 is 35.0. The normalized spacial score (nSPS) is 11.6. The van der Waals surface area contributed by atoms with Crippen LogP contribution in [-0.2, 0) is 16.6 Å². The molecule has 142 valence electrons. The van der Waals surface area contributed by atoms with Crippen LogP contribution in [0.25, 0.3) is 16.9 Å². The van der Waals surface area contributed by atoms with E-state index in [4.69, 9.17) is 4.52 Å². The molecule has 4 rings (SSSR count). The summed E-state index contributed by atoms with van der Waals surface area (Å²) in [5.41, 5.74) is 3.00. The van der Waals surface area contributed by atoms with Crippen LogP contribution in [0, 0.1) is 6.92 Å². The first-order valence-corrected chi connectivity index (χ1v) is 10.1. The molecular weight excluding hydrogens is 376 g/mol. The van der Waals surface area contributed by atoms with E-state index in [1.165, 1.54) is 0 Å². The summed E-state index contributed by atoms with van der Waals surface area (Å²) in [6.07, 6.45) is 3.46. The van der Waals surface area contributed by atoms with Gasteiger partial charge in [0.1, 0.15) is 11.5 Å². The fraction of sp³-hybridized carbons (Fsp3) is 0.100. The molecule has 0 saturated carbocycles. The number of hydrogen-bond acceptors (Lipinski definition) is 5. The van der Waals surface area contributed by atoms with Gasteiger partial charge in [-0.15, -0.1) is 0 Å². The molecule has 1 N–H and O–H groups in total. The highest BCUT2D eigenvalue weighted by atomic mass is 32.2. The zero-order chi connectivity index (χ0) is 19.6. The summed E-state index contributed by atoms with van der Waals surface area (Å²) in [5, 5.41) is 8.21. The Hall–Kier alpha value is -3.23. The van der Waals surface area contributed by atoms with Crippen LogP contribution in [0.4, 0.5) is 0 Å². The fourth-order valence-corrected chi connectivity index (χ4v) is 3.87. The van der Waals surface area contributed by atoms with E-state index in [9.17, 15) is 8.42 Å². The smallest absolute Gasteiger partial charge is 0.240 e. The Morgan fingerprint density at radius 2 is 1.79 bits per heavy atom. The summed E-state index contributed by atoms with van der Waals surface area (Å²) >= 11 is 0. The van der Waals surface area contributed by atoms with Gasteiger partial charge in [-0.05, 0) is 37.3 Å². The zero-order valence-corrected chi connectivity index (χ0v) is 15.9. The van der Waals surface area contributed by atoms with Gasteiger partial charge in [0.2, 0.25) is 10.0 Å². The molecule has 0 bridgehead atoms. The number of aryl methyl sites for hydroxylation is 1. The molecule has 0 radical (unpaired) electrons. The van der Waals surface area contributed by atoms with Crippen LogP contribution in [0.2, 0.25) is 0 Å². The Morgan fingerprint density at radius 3 is 2.46 bits per heavy atom. The minimum absolute atomic E-state index is 0.0861. The van der Waals surface area contributed by atoms with Gasteiger partial charge < -0.3 is 4.52 Å². The molecule has 8 heteroatoms. The van der Waals surface area contributed by atoms with E-state index < -0.39 is 10.0 Å². The molecule has 0 aliphatic heterocycles. The predicted molar refractivity (Wildman–Crippen MR) is 104 cm³/mol. The first kappa shape index (κ1) is 18.1. The van der Waals surface area contributed by atoms with Crippen LogP contribution in [0.3, 0.4) is 0 Å². The van der Waals surface area contributed by atoms with Crippen molar-refractivity contribution in [2.24, 2.45) is 0 Å². The summed E-state index contributed by atoms with van der Waals surface area (Å²) in [5.74, 6) is 0.579. The highest BCUT2D eigenvalue weighted by Gasteiger charge is 2.19. The van der Waals surface area contributed by atoms with Crippen LogP contribution in [0.5, 0.6) is 0 Å². The van der Waals surface area contributed by atoms with Crippen molar-refractivity contribution in [1.29, 1.82) is 0 Å². The Balaban J connectivity index is 1.54. The van der Waals surface area contributed by atoms with E-state index in [1.807, 2.05) is 30.3 Å². The topological polar surface area (TPSA) is 90.0 Å². The number of benzene rings is 2. The number of nitrogens with zero attached hydrogens (tertiary/aromatic N) is 3. The molecule has 2 aromatic carbocycles. The predicted octanol–water partition coefficient (Wildman–Crippen LogP) is 3.31. The molecule has 2 heterocycles. The highest BCUT2D eigenvalue weighted by Crippen LogP contribution is 2.25. The number of rotatable bonds is 6. The minimum Gasteiger partial charge on any atom is -0.361 e. The van der Waals surface area contributed by atoms with Gasteiger partial charge in [-0.1, -0.05) is 35.5 Å². The van der Waals surface area contributed by atoms with Gasteiger partial charge in [0, 0.05) is 30.1 Å². The average molecular weight is 394 g/mol. The third-order valence-electron chi connectivity index (χ3n) is 4.39. The van der Waals surface area contributed by atoms with Gasteiger partial charge in [-0.25, -0.2) is 17.8 Å². The second kappa shape index (κ2) is 7.41. The molecule has 0 saturated heterocycles. The Bertz CT molecular complexity index is 1170. The summed E-state index contributed by atoms with van der Waals surface area (Å²) in [6.45, 7) is 1.85. The van der Waals surface area contributed by atoms with Crippen molar-refractivity contribution in [2.75, 3.05) is 0 Å². The Kier molecular flexibility index (Phi) is 4.81. The third kappa shape index (κ3) is 3.60. The van der Waals surface area contributed by atoms with Crippen LogP contribution in [0.15, 0.2) is 82.5 Å². The van der Waals surface area contributed by atoms with Gasteiger partial charge in [0.05, 0.1) is 10.6 Å². The number of hydrogen-bond donors (Lipinski definition) is 1. The number of sulfonamides is 1. The Labute approximate surface area is 162 Å². The molecule has 2 aromatic heterocycles. The first-order chi connectivity index (χ1) is 13.5. The van der Waals surface area contributed by atoms with Crippen molar-refractivity contribution in [2.45, 2.75) is 18.4 Å². The van der Waals surface area contributed by atoms with Crippen molar-refractivity contribution < 1.29 is 12.9 Å². The summed E-state index contributed by atoms with van der Waals surface area (Å²) in [7, 11) is -3.69. The molecule has 0 amide bonds. The Morgan fingerprint density at radius 1 is 1.04 bits per heavy atom. The number of aromatic nitrogens is 3. The van der Waals surface area contributed by atoms with Crippen molar-refractivity contribution in [1.82, 2.24) is 19.7 Å². The molecule has 0 aliphatic rings. The highest BCUT2D eigenvalue weighted by molar-refractivity contribution is 7.89. The maximum Gasteiger partial charge on any atom is 0.240 e. The molecule has 0 atom stereocenters. The molecule has 28 heavy (non-hydrogen) atoms. The van der Waals surface area contributed by atoms with E-state index >= 15 is 0 Å². The molecule has 7 nitrogen and oxygen atoms in total. The van der Waals surface area contributed by atoms with Crippen LogP contribution in [-0.4, -0.2) is 23.4 Å². The minimum atomic E-state index is -3.69. The molecular formula is C20H18N4O3S. The standard InChI is InChI=1S/C20H18N4O3S/c1-15-19(20(23-27-15)16-6-3-2-4-7-16)14-22-28(25,26)18-10-8-17(9-11-18)24-13-5-12-21-24/h2-13,22H,14H2,1H3.